The summed E-state index contributed by atoms with van der Waals surface area (Å²) in [6.07, 6.45) is 2.06. The Morgan fingerprint density at radius 1 is 1.31 bits per heavy atom. The largest absolute Gasteiger partial charge is 0.492 e. The maximum absolute atomic E-state index is 5.66. The topological polar surface area (TPSA) is 18.5 Å². The number of rotatable bonds is 4. The Morgan fingerprint density at radius 2 is 2.00 bits per heavy atom. The van der Waals surface area contributed by atoms with Crippen LogP contribution in [-0.4, -0.2) is 13.2 Å². The molecule has 4 heteroatoms. The Kier molecular flexibility index (Phi) is 5.35. The van der Waals surface area contributed by atoms with E-state index in [4.69, 9.17) is 9.47 Å². The third-order valence-corrected chi connectivity index (χ3v) is 2.98. The van der Waals surface area contributed by atoms with Crippen LogP contribution in [0.2, 0.25) is 0 Å². The van der Waals surface area contributed by atoms with Gasteiger partial charge in [0.15, 0.2) is 11.5 Å². The first kappa shape index (κ1) is 13.6. The third-order valence-electron chi connectivity index (χ3n) is 1.90. The molecule has 0 N–H and O–H groups in total. The summed E-state index contributed by atoms with van der Waals surface area (Å²) in [6.45, 7) is 3.97. The van der Waals surface area contributed by atoms with Crippen LogP contribution in [0.25, 0.3) is 6.08 Å². The van der Waals surface area contributed by atoms with E-state index in [0.717, 1.165) is 21.5 Å². The van der Waals surface area contributed by atoms with Gasteiger partial charge in [-0.1, -0.05) is 15.9 Å². The highest BCUT2D eigenvalue weighted by atomic mass is 79.9. The molecule has 0 radical (unpaired) electrons. The van der Waals surface area contributed by atoms with Crippen molar-refractivity contribution in [1.82, 2.24) is 0 Å². The Bertz CT molecular complexity index is 387. The van der Waals surface area contributed by atoms with E-state index >= 15 is 0 Å². The van der Waals surface area contributed by atoms with Crippen molar-refractivity contribution in [3.05, 3.63) is 27.2 Å². The maximum atomic E-state index is 5.66. The lowest BCUT2D eigenvalue weighted by atomic mass is 10.2. The molecule has 2 nitrogen and oxygen atoms in total. The van der Waals surface area contributed by atoms with E-state index in [0.29, 0.717) is 0 Å². The van der Waals surface area contributed by atoms with Gasteiger partial charge < -0.3 is 9.47 Å². The van der Waals surface area contributed by atoms with E-state index in [1.54, 1.807) is 12.1 Å². The Balaban J connectivity index is 3.18. The van der Waals surface area contributed by atoms with E-state index in [-0.39, 0.29) is 6.10 Å². The van der Waals surface area contributed by atoms with Gasteiger partial charge in [-0.15, -0.1) is 0 Å². The lowest BCUT2D eigenvalue weighted by Crippen LogP contribution is -2.07. The number of methoxy groups -OCH3 is 1. The molecule has 0 amide bonds. The molecule has 0 saturated heterocycles. The number of ether oxygens (including phenoxy) is 2. The van der Waals surface area contributed by atoms with Crippen LogP contribution in [0.1, 0.15) is 19.4 Å². The molecule has 0 aliphatic heterocycles. The van der Waals surface area contributed by atoms with Crippen molar-refractivity contribution in [3.63, 3.8) is 0 Å². The standard InChI is InChI=1S/C12H14Br2O2/c1-8(2)16-10-5-4-9(6-7-13)11(14)12(10)15-3/h4-8H,1-3H3. The molecule has 0 aliphatic carbocycles. The van der Waals surface area contributed by atoms with E-state index < -0.39 is 0 Å². The second-order valence-electron chi connectivity index (χ2n) is 3.46. The average Bonchev–Trinajstić information content (AvgIpc) is 2.22. The van der Waals surface area contributed by atoms with Gasteiger partial charge in [-0.05, 0) is 58.5 Å². The Labute approximate surface area is 113 Å². The first-order valence-electron chi connectivity index (χ1n) is 4.90. The first-order valence-corrected chi connectivity index (χ1v) is 6.61. The summed E-state index contributed by atoms with van der Waals surface area (Å²) in [6, 6.07) is 3.88. The van der Waals surface area contributed by atoms with Crippen LogP contribution in [0.3, 0.4) is 0 Å². The summed E-state index contributed by atoms with van der Waals surface area (Å²) in [5.74, 6) is 1.47. The zero-order chi connectivity index (χ0) is 12.1. The lowest BCUT2D eigenvalue weighted by Gasteiger charge is -2.15. The predicted octanol–water partition coefficient (Wildman–Crippen LogP) is 4.61. The summed E-state index contributed by atoms with van der Waals surface area (Å²) in [5, 5.41) is 0. The number of hydrogen-bond donors (Lipinski definition) is 0. The van der Waals surface area contributed by atoms with Crippen molar-refractivity contribution < 1.29 is 9.47 Å². The fourth-order valence-electron chi connectivity index (χ4n) is 1.29. The van der Waals surface area contributed by atoms with E-state index in [9.17, 15) is 0 Å². The monoisotopic (exact) mass is 348 g/mol. The molecule has 0 heterocycles. The van der Waals surface area contributed by atoms with Crippen LogP contribution < -0.4 is 9.47 Å². The van der Waals surface area contributed by atoms with Gasteiger partial charge in [0.1, 0.15) is 0 Å². The van der Waals surface area contributed by atoms with Crippen LogP contribution in [0.4, 0.5) is 0 Å². The smallest absolute Gasteiger partial charge is 0.175 e. The normalized spacial score (nSPS) is 11.1. The lowest BCUT2D eigenvalue weighted by molar-refractivity contribution is 0.229. The summed E-state index contributed by atoms with van der Waals surface area (Å²) >= 11 is 6.76. The van der Waals surface area contributed by atoms with Gasteiger partial charge in [-0.3, -0.25) is 0 Å². The zero-order valence-electron chi connectivity index (χ0n) is 9.46. The van der Waals surface area contributed by atoms with E-state index in [1.165, 1.54) is 0 Å². The first-order chi connectivity index (χ1) is 7.60. The highest BCUT2D eigenvalue weighted by Gasteiger charge is 2.12. The Morgan fingerprint density at radius 3 is 2.50 bits per heavy atom. The second-order valence-corrected chi connectivity index (χ2v) is 4.78. The van der Waals surface area contributed by atoms with Crippen LogP contribution >= 0.6 is 31.9 Å². The molecule has 16 heavy (non-hydrogen) atoms. The summed E-state index contributed by atoms with van der Waals surface area (Å²) in [7, 11) is 1.63. The van der Waals surface area contributed by atoms with Crippen LogP contribution in [0, 0.1) is 0 Å². The van der Waals surface area contributed by atoms with Crippen molar-refractivity contribution in [2.45, 2.75) is 20.0 Å². The molecule has 0 atom stereocenters. The van der Waals surface area contributed by atoms with Crippen molar-refractivity contribution in [3.8, 4) is 11.5 Å². The summed E-state index contributed by atoms with van der Waals surface area (Å²) in [4.78, 5) is 1.80. The number of halogens is 2. The van der Waals surface area contributed by atoms with Crippen molar-refractivity contribution >= 4 is 37.9 Å². The van der Waals surface area contributed by atoms with Gasteiger partial charge in [-0.25, -0.2) is 0 Å². The number of hydrogen-bond acceptors (Lipinski definition) is 2. The minimum Gasteiger partial charge on any atom is -0.492 e. The van der Waals surface area contributed by atoms with Crippen molar-refractivity contribution in [1.29, 1.82) is 0 Å². The molecule has 0 fully saturated rings. The molecule has 88 valence electrons. The van der Waals surface area contributed by atoms with Crippen molar-refractivity contribution in [2.75, 3.05) is 7.11 Å². The Hall–Kier alpha value is -0.480. The molecular weight excluding hydrogens is 336 g/mol. The highest BCUT2D eigenvalue weighted by Crippen LogP contribution is 2.38. The van der Waals surface area contributed by atoms with E-state index in [2.05, 4.69) is 31.9 Å². The van der Waals surface area contributed by atoms with Crippen LogP contribution in [0.5, 0.6) is 11.5 Å². The fraction of sp³-hybridized carbons (Fsp3) is 0.333. The molecule has 0 spiro atoms. The number of benzene rings is 1. The van der Waals surface area contributed by atoms with Gasteiger partial charge in [-0.2, -0.15) is 0 Å². The summed E-state index contributed by atoms with van der Waals surface area (Å²) < 4.78 is 11.9. The average molecular weight is 350 g/mol. The quantitative estimate of drug-likeness (QED) is 0.790. The fourth-order valence-corrected chi connectivity index (χ4v) is 2.19. The van der Waals surface area contributed by atoms with Gasteiger partial charge in [0, 0.05) is 0 Å². The molecule has 0 unspecified atom stereocenters. The highest BCUT2D eigenvalue weighted by molar-refractivity contribution is 9.11. The molecule has 0 saturated carbocycles. The maximum Gasteiger partial charge on any atom is 0.175 e. The van der Waals surface area contributed by atoms with Crippen molar-refractivity contribution in [2.24, 2.45) is 0 Å². The molecule has 0 aromatic heterocycles. The molecule has 0 bridgehead atoms. The van der Waals surface area contributed by atoms with Gasteiger partial charge in [0.25, 0.3) is 0 Å². The minimum atomic E-state index is 0.123. The molecule has 1 rings (SSSR count). The second kappa shape index (κ2) is 6.30. The molecule has 1 aromatic rings. The molecule has 1 aromatic carbocycles. The molecule has 0 aliphatic rings. The van der Waals surface area contributed by atoms with E-state index in [1.807, 2.05) is 32.1 Å². The third kappa shape index (κ3) is 3.25. The van der Waals surface area contributed by atoms with Gasteiger partial charge in [0.2, 0.25) is 0 Å². The zero-order valence-corrected chi connectivity index (χ0v) is 12.6. The summed E-state index contributed by atoms with van der Waals surface area (Å²) in [5.41, 5.74) is 1.03. The predicted molar refractivity (Wildman–Crippen MR) is 74.4 cm³/mol. The van der Waals surface area contributed by atoms with Crippen LogP contribution in [0.15, 0.2) is 21.6 Å². The van der Waals surface area contributed by atoms with Gasteiger partial charge >= 0.3 is 0 Å². The minimum absolute atomic E-state index is 0.123. The molecular formula is C12H14Br2O2. The van der Waals surface area contributed by atoms with Gasteiger partial charge in [0.05, 0.1) is 17.7 Å². The SMILES string of the molecule is COc1c(OC(C)C)ccc(C=CBr)c1Br. The van der Waals surface area contributed by atoms with Crippen LogP contribution in [-0.2, 0) is 0 Å².